The lowest BCUT2D eigenvalue weighted by atomic mass is 10.0. The number of hydrogen-bond donors (Lipinski definition) is 1. The molecule has 2 aromatic carbocycles. The van der Waals surface area contributed by atoms with Crippen molar-refractivity contribution >= 4 is 28.3 Å². The molecule has 1 unspecified atom stereocenters. The van der Waals surface area contributed by atoms with Crippen LogP contribution in [0.15, 0.2) is 59.6 Å². The maximum Gasteiger partial charge on any atom is 0.135 e. The summed E-state index contributed by atoms with van der Waals surface area (Å²) in [6.45, 7) is 11.1. The first-order chi connectivity index (χ1) is 14.3. The molecule has 1 fully saturated rings. The van der Waals surface area contributed by atoms with Gasteiger partial charge in [-0.2, -0.15) is 0 Å². The molecule has 5 heteroatoms. The Balaban J connectivity index is 1.75. The van der Waals surface area contributed by atoms with Crippen LogP contribution in [-0.4, -0.2) is 34.3 Å². The predicted molar refractivity (Wildman–Crippen MR) is 126 cm³/mol. The maximum absolute atomic E-state index is 6.67. The monoisotopic (exact) mass is 420 g/mol. The van der Waals surface area contributed by atoms with Crippen LogP contribution >= 0.6 is 11.6 Å². The molecule has 1 aliphatic heterocycles. The topological polar surface area (TPSA) is 40.5 Å². The highest BCUT2D eigenvalue weighted by atomic mass is 35.5. The third-order valence-electron chi connectivity index (χ3n) is 5.27. The minimum Gasteiger partial charge on any atom is -0.353 e. The normalized spacial score (nSPS) is 18.9. The lowest BCUT2D eigenvalue weighted by molar-refractivity contribution is 0.337. The van der Waals surface area contributed by atoms with Crippen LogP contribution in [0.2, 0.25) is 5.15 Å². The number of aliphatic imine (C=N–C) groups is 1. The Hall–Kier alpha value is -2.43. The van der Waals surface area contributed by atoms with E-state index < -0.39 is 0 Å². The Kier molecular flexibility index (Phi) is 5.81. The number of hydrogen-bond acceptors (Lipinski definition) is 3. The Labute approximate surface area is 184 Å². The number of piperazine rings is 1. The number of benzene rings is 2. The summed E-state index contributed by atoms with van der Waals surface area (Å²) < 4.78 is 0. The fraction of sp³-hybridized carbons (Fsp3) is 0.360. The number of aryl methyl sites for hydroxylation is 1. The molecule has 1 saturated heterocycles. The molecule has 1 N–H and O–H groups in total. The highest BCUT2D eigenvalue weighted by Gasteiger charge is 2.31. The number of para-hydroxylation sites is 1. The van der Waals surface area contributed by atoms with Gasteiger partial charge in [0.1, 0.15) is 11.0 Å². The number of aromatic nitrogens is 1. The predicted octanol–water partition coefficient (Wildman–Crippen LogP) is 5.54. The van der Waals surface area contributed by atoms with Gasteiger partial charge in [-0.05, 0) is 45.4 Å². The van der Waals surface area contributed by atoms with Crippen LogP contribution in [0.5, 0.6) is 0 Å². The molecule has 4 nitrogen and oxygen atoms in total. The summed E-state index contributed by atoms with van der Waals surface area (Å²) in [4.78, 5) is 12.2. The fourth-order valence-corrected chi connectivity index (χ4v) is 4.10. The van der Waals surface area contributed by atoms with Gasteiger partial charge in [-0.1, -0.05) is 59.6 Å². The Bertz CT molecular complexity index is 1070. The van der Waals surface area contributed by atoms with Crippen molar-refractivity contribution in [3.05, 3.63) is 76.4 Å². The van der Waals surface area contributed by atoms with Gasteiger partial charge in [0, 0.05) is 30.6 Å². The van der Waals surface area contributed by atoms with E-state index in [4.69, 9.17) is 16.6 Å². The van der Waals surface area contributed by atoms with Gasteiger partial charge in [0.05, 0.1) is 17.1 Å². The standard InChI is InChI=1S/C25H29ClN4/c1-17-9-11-18(12-10-17)16-30-14-13-27-22(24(30)29-25(2,3)4)20-15-19-7-5-6-8-21(19)28-23(20)26/h5-12,15,22,27H,13-14,16H2,1-4H3/b29-24-. The van der Waals surface area contributed by atoms with Crippen LogP contribution in [-0.2, 0) is 6.54 Å². The Morgan fingerprint density at radius 2 is 1.87 bits per heavy atom. The van der Waals surface area contributed by atoms with Crippen molar-refractivity contribution in [3.63, 3.8) is 0 Å². The van der Waals surface area contributed by atoms with E-state index in [2.05, 4.69) is 79.3 Å². The second-order valence-corrected chi connectivity index (χ2v) is 9.35. The molecule has 1 atom stereocenters. The SMILES string of the molecule is Cc1ccc(CN2CCNC(c3cc4ccccc4nc3Cl)/C2=N/C(C)(C)C)cc1. The molecule has 4 rings (SSSR count). The zero-order valence-corrected chi connectivity index (χ0v) is 18.9. The summed E-state index contributed by atoms with van der Waals surface area (Å²) in [5.41, 5.74) is 4.24. The molecule has 2 heterocycles. The van der Waals surface area contributed by atoms with Crippen LogP contribution in [0.3, 0.4) is 0 Å². The van der Waals surface area contributed by atoms with E-state index in [0.29, 0.717) is 5.15 Å². The highest BCUT2D eigenvalue weighted by molar-refractivity contribution is 6.31. The molecule has 30 heavy (non-hydrogen) atoms. The number of amidine groups is 1. The first-order valence-corrected chi connectivity index (χ1v) is 10.9. The third kappa shape index (κ3) is 4.66. The molecule has 1 aromatic heterocycles. The number of nitrogens with one attached hydrogen (secondary N) is 1. The van der Waals surface area contributed by atoms with Crippen molar-refractivity contribution in [2.45, 2.75) is 45.8 Å². The number of halogens is 1. The van der Waals surface area contributed by atoms with Gasteiger partial charge < -0.3 is 10.2 Å². The third-order valence-corrected chi connectivity index (χ3v) is 5.57. The summed E-state index contributed by atoms with van der Waals surface area (Å²) in [6.07, 6.45) is 0. The van der Waals surface area contributed by atoms with Crippen molar-refractivity contribution in [2.75, 3.05) is 13.1 Å². The second-order valence-electron chi connectivity index (χ2n) is 9.00. The molecular weight excluding hydrogens is 392 g/mol. The molecule has 0 spiro atoms. The average molecular weight is 421 g/mol. The molecule has 3 aromatic rings. The highest BCUT2D eigenvalue weighted by Crippen LogP contribution is 2.30. The minimum absolute atomic E-state index is 0.0898. The molecule has 1 aliphatic rings. The summed E-state index contributed by atoms with van der Waals surface area (Å²) >= 11 is 6.67. The van der Waals surface area contributed by atoms with Crippen LogP contribution in [0.4, 0.5) is 0 Å². The van der Waals surface area contributed by atoms with Gasteiger partial charge in [0.15, 0.2) is 0 Å². The molecule has 156 valence electrons. The van der Waals surface area contributed by atoms with Crippen molar-refractivity contribution in [2.24, 2.45) is 4.99 Å². The molecule has 0 bridgehead atoms. The van der Waals surface area contributed by atoms with E-state index in [1.54, 1.807) is 0 Å². The van der Waals surface area contributed by atoms with Crippen LogP contribution in [0.25, 0.3) is 10.9 Å². The van der Waals surface area contributed by atoms with Crippen molar-refractivity contribution in [3.8, 4) is 0 Å². The van der Waals surface area contributed by atoms with E-state index in [-0.39, 0.29) is 11.6 Å². The molecule has 0 aliphatic carbocycles. The number of fused-ring (bicyclic) bond motifs is 1. The van der Waals surface area contributed by atoms with Gasteiger partial charge in [-0.25, -0.2) is 4.98 Å². The summed E-state index contributed by atoms with van der Waals surface area (Å²) in [6, 6.07) is 18.9. The van der Waals surface area contributed by atoms with E-state index >= 15 is 0 Å². The van der Waals surface area contributed by atoms with Crippen molar-refractivity contribution in [1.82, 2.24) is 15.2 Å². The number of pyridine rings is 1. The summed E-state index contributed by atoms with van der Waals surface area (Å²) in [5.74, 6) is 1.02. The number of rotatable bonds is 3. The molecule has 0 amide bonds. The smallest absolute Gasteiger partial charge is 0.135 e. The summed E-state index contributed by atoms with van der Waals surface area (Å²) in [7, 11) is 0. The fourth-order valence-electron chi connectivity index (χ4n) is 3.85. The van der Waals surface area contributed by atoms with Gasteiger partial charge in [0.2, 0.25) is 0 Å². The van der Waals surface area contributed by atoms with Crippen molar-refractivity contribution in [1.29, 1.82) is 0 Å². The quantitative estimate of drug-likeness (QED) is 0.565. The van der Waals surface area contributed by atoms with Gasteiger partial charge >= 0.3 is 0 Å². The van der Waals surface area contributed by atoms with Crippen LogP contribution in [0.1, 0.15) is 43.5 Å². The van der Waals surface area contributed by atoms with E-state index in [1.165, 1.54) is 11.1 Å². The number of nitrogens with zero attached hydrogens (tertiary/aromatic N) is 3. The van der Waals surface area contributed by atoms with Crippen molar-refractivity contribution < 1.29 is 0 Å². The lowest BCUT2D eigenvalue weighted by Crippen LogP contribution is -2.50. The first kappa shape index (κ1) is 20.8. The average Bonchev–Trinajstić information content (AvgIpc) is 2.69. The lowest BCUT2D eigenvalue weighted by Gasteiger charge is -2.38. The first-order valence-electron chi connectivity index (χ1n) is 10.5. The second kappa shape index (κ2) is 8.37. The maximum atomic E-state index is 6.67. The van der Waals surface area contributed by atoms with Gasteiger partial charge in [0.25, 0.3) is 0 Å². The van der Waals surface area contributed by atoms with Crippen LogP contribution < -0.4 is 5.32 Å². The zero-order chi connectivity index (χ0) is 21.3. The van der Waals surface area contributed by atoms with E-state index in [9.17, 15) is 0 Å². The van der Waals surface area contributed by atoms with Gasteiger partial charge in [-0.15, -0.1) is 0 Å². The Morgan fingerprint density at radius 3 is 2.60 bits per heavy atom. The molecule has 0 saturated carbocycles. The molecular formula is C25H29ClN4. The minimum atomic E-state index is -0.200. The summed E-state index contributed by atoms with van der Waals surface area (Å²) in [5, 5.41) is 5.26. The van der Waals surface area contributed by atoms with E-state index in [0.717, 1.165) is 41.9 Å². The zero-order valence-electron chi connectivity index (χ0n) is 18.1. The Morgan fingerprint density at radius 1 is 1.13 bits per heavy atom. The van der Waals surface area contributed by atoms with E-state index in [1.807, 2.05) is 18.2 Å². The molecule has 0 radical (unpaired) electrons. The largest absolute Gasteiger partial charge is 0.353 e. The van der Waals surface area contributed by atoms with Crippen LogP contribution in [0, 0.1) is 6.92 Å². The van der Waals surface area contributed by atoms with Gasteiger partial charge in [-0.3, -0.25) is 4.99 Å².